The zero-order chi connectivity index (χ0) is 17.7. The lowest BCUT2D eigenvalue weighted by molar-refractivity contribution is -0.120. The Labute approximate surface area is 139 Å². The van der Waals surface area contributed by atoms with Gasteiger partial charge < -0.3 is 16.4 Å². The molecule has 0 aliphatic heterocycles. The van der Waals surface area contributed by atoms with Gasteiger partial charge in [0.15, 0.2) is 0 Å². The van der Waals surface area contributed by atoms with Crippen molar-refractivity contribution in [3.63, 3.8) is 0 Å². The molecule has 0 bridgehead atoms. The van der Waals surface area contributed by atoms with Crippen LogP contribution in [0.3, 0.4) is 0 Å². The molecule has 1 aromatic rings. The van der Waals surface area contributed by atoms with Gasteiger partial charge in [0, 0.05) is 16.8 Å². The molecule has 0 fully saturated rings. The Kier molecular flexibility index (Phi) is 6.33. The highest BCUT2D eigenvalue weighted by molar-refractivity contribution is 5.99. The van der Waals surface area contributed by atoms with Gasteiger partial charge in [-0.15, -0.1) is 0 Å². The van der Waals surface area contributed by atoms with E-state index in [-0.39, 0.29) is 17.4 Å². The van der Waals surface area contributed by atoms with Gasteiger partial charge in [-0.1, -0.05) is 20.3 Å². The van der Waals surface area contributed by atoms with E-state index in [9.17, 15) is 9.59 Å². The van der Waals surface area contributed by atoms with Gasteiger partial charge in [-0.05, 0) is 57.9 Å². The minimum absolute atomic E-state index is 0.121. The summed E-state index contributed by atoms with van der Waals surface area (Å²) in [6.07, 6.45) is 2.30. The van der Waals surface area contributed by atoms with Crippen LogP contribution in [-0.2, 0) is 4.79 Å². The van der Waals surface area contributed by atoms with E-state index in [2.05, 4.69) is 10.6 Å². The molecule has 1 unspecified atom stereocenters. The Morgan fingerprint density at radius 3 is 2.13 bits per heavy atom. The summed E-state index contributed by atoms with van der Waals surface area (Å²) < 4.78 is 0. The third-order valence-corrected chi connectivity index (χ3v) is 4.03. The molecule has 0 saturated carbocycles. The second-order valence-electron chi connectivity index (χ2n) is 6.89. The van der Waals surface area contributed by atoms with Crippen LogP contribution in [0.1, 0.15) is 64.2 Å². The Morgan fingerprint density at radius 2 is 1.65 bits per heavy atom. The van der Waals surface area contributed by atoms with Crippen LogP contribution in [0.2, 0.25) is 0 Å². The van der Waals surface area contributed by atoms with E-state index in [0.29, 0.717) is 17.7 Å². The molecule has 0 spiro atoms. The van der Waals surface area contributed by atoms with Gasteiger partial charge in [0.25, 0.3) is 5.91 Å². The molecule has 128 valence electrons. The molecule has 1 aromatic carbocycles. The maximum absolute atomic E-state index is 12.2. The molecule has 0 heterocycles. The van der Waals surface area contributed by atoms with Crippen LogP contribution >= 0.6 is 0 Å². The smallest absolute Gasteiger partial charge is 0.251 e. The molecule has 0 aliphatic carbocycles. The number of benzene rings is 1. The summed E-state index contributed by atoms with van der Waals surface area (Å²) in [7, 11) is 0. The van der Waals surface area contributed by atoms with Gasteiger partial charge in [-0.3, -0.25) is 9.59 Å². The van der Waals surface area contributed by atoms with Crippen LogP contribution in [-0.4, -0.2) is 22.9 Å². The molecule has 0 saturated heterocycles. The number of rotatable bonds is 7. The minimum atomic E-state index is -0.893. The molecule has 0 aliphatic rings. The number of amides is 2. The Morgan fingerprint density at radius 1 is 1.09 bits per heavy atom. The molecule has 1 rings (SSSR count). The first-order valence-electron chi connectivity index (χ1n) is 8.14. The first-order chi connectivity index (χ1) is 10.6. The quantitative estimate of drug-likeness (QED) is 0.722. The van der Waals surface area contributed by atoms with Crippen LogP contribution < -0.4 is 16.4 Å². The number of nitrogens with one attached hydrogen (secondary N) is 2. The van der Waals surface area contributed by atoms with Crippen LogP contribution in [0, 0.1) is 0 Å². The standard InChI is InChI=1S/C18H29N3O2/c1-6-12-18(5,19)16(23)20-14-10-8-13(9-11-14)15(22)21-17(3,4)7-2/h8-11H,6-7,12,19H2,1-5H3,(H,20,23)(H,21,22). The van der Waals surface area contributed by atoms with Gasteiger partial charge in [0.2, 0.25) is 5.91 Å². The first-order valence-corrected chi connectivity index (χ1v) is 8.14. The largest absolute Gasteiger partial charge is 0.347 e. The van der Waals surface area contributed by atoms with Crippen molar-refractivity contribution in [1.82, 2.24) is 5.32 Å². The van der Waals surface area contributed by atoms with Gasteiger partial charge in [0.05, 0.1) is 5.54 Å². The highest BCUT2D eigenvalue weighted by Crippen LogP contribution is 2.16. The molecule has 23 heavy (non-hydrogen) atoms. The average molecular weight is 319 g/mol. The maximum atomic E-state index is 12.2. The average Bonchev–Trinajstić information content (AvgIpc) is 2.47. The van der Waals surface area contributed by atoms with Crippen molar-refractivity contribution < 1.29 is 9.59 Å². The number of hydrogen-bond acceptors (Lipinski definition) is 3. The molecule has 5 nitrogen and oxygen atoms in total. The Balaban J connectivity index is 2.74. The fourth-order valence-corrected chi connectivity index (χ4v) is 2.08. The second-order valence-corrected chi connectivity index (χ2v) is 6.89. The molecule has 2 amide bonds. The van der Waals surface area contributed by atoms with E-state index in [0.717, 1.165) is 12.8 Å². The van der Waals surface area contributed by atoms with E-state index in [1.807, 2.05) is 27.7 Å². The van der Waals surface area contributed by atoms with Crippen molar-refractivity contribution in [2.24, 2.45) is 5.73 Å². The van der Waals surface area contributed by atoms with Crippen LogP contribution in [0.15, 0.2) is 24.3 Å². The van der Waals surface area contributed by atoms with Crippen molar-refractivity contribution in [2.45, 2.75) is 65.0 Å². The zero-order valence-corrected chi connectivity index (χ0v) is 14.8. The summed E-state index contributed by atoms with van der Waals surface area (Å²) in [6.45, 7) is 9.70. The fraction of sp³-hybridized carbons (Fsp3) is 0.556. The van der Waals surface area contributed by atoms with Crippen LogP contribution in [0.4, 0.5) is 5.69 Å². The van der Waals surface area contributed by atoms with E-state index in [4.69, 9.17) is 5.73 Å². The highest BCUT2D eigenvalue weighted by Gasteiger charge is 2.27. The van der Waals surface area contributed by atoms with Gasteiger partial charge in [-0.25, -0.2) is 0 Å². The third kappa shape index (κ3) is 5.67. The Bertz CT molecular complexity index is 548. The van der Waals surface area contributed by atoms with E-state index in [1.54, 1.807) is 31.2 Å². The number of anilines is 1. The Hall–Kier alpha value is -1.88. The van der Waals surface area contributed by atoms with E-state index in [1.165, 1.54) is 0 Å². The molecular formula is C18H29N3O2. The minimum Gasteiger partial charge on any atom is -0.347 e. The number of nitrogens with two attached hydrogens (primary N) is 1. The lowest BCUT2D eigenvalue weighted by atomic mass is 9.96. The van der Waals surface area contributed by atoms with E-state index < -0.39 is 5.54 Å². The summed E-state index contributed by atoms with van der Waals surface area (Å²) in [5.41, 5.74) is 6.06. The highest BCUT2D eigenvalue weighted by atomic mass is 16.2. The predicted molar refractivity (Wildman–Crippen MR) is 94.4 cm³/mol. The van der Waals surface area contributed by atoms with Gasteiger partial charge >= 0.3 is 0 Å². The summed E-state index contributed by atoms with van der Waals surface area (Å²) in [6, 6.07) is 6.83. The monoisotopic (exact) mass is 319 g/mol. The summed E-state index contributed by atoms with van der Waals surface area (Å²) in [5.74, 6) is -0.340. The lowest BCUT2D eigenvalue weighted by Crippen LogP contribution is -2.48. The van der Waals surface area contributed by atoms with Gasteiger partial charge in [-0.2, -0.15) is 0 Å². The molecular weight excluding hydrogens is 290 g/mol. The first kappa shape index (κ1) is 19.2. The summed E-state index contributed by atoms with van der Waals surface area (Å²) >= 11 is 0. The fourth-order valence-electron chi connectivity index (χ4n) is 2.08. The number of hydrogen-bond donors (Lipinski definition) is 3. The topological polar surface area (TPSA) is 84.2 Å². The van der Waals surface area contributed by atoms with Crippen molar-refractivity contribution in [2.75, 3.05) is 5.32 Å². The normalized spacial score (nSPS) is 14.0. The second kappa shape index (κ2) is 7.59. The third-order valence-electron chi connectivity index (χ3n) is 4.03. The molecule has 0 radical (unpaired) electrons. The van der Waals surface area contributed by atoms with Crippen molar-refractivity contribution in [1.29, 1.82) is 0 Å². The van der Waals surface area contributed by atoms with Gasteiger partial charge in [0.1, 0.15) is 0 Å². The summed E-state index contributed by atoms with van der Waals surface area (Å²) in [5, 5.41) is 5.77. The molecule has 1 atom stereocenters. The predicted octanol–water partition coefficient (Wildman–Crippen LogP) is 3.06. The van der Waals surface area contributed by atoms with Crippen LogP contribution in [0.5, 0.6) is 0 Å². The number of carbonyl (C=O) groups is 2. The van der Waals surface area contributed by atoms with Crippen LogP contribution in [0.25, 0.3) is 0 Å². The van der Waals surface area contributed by atoms with Crippen molar-refractivity contribution >= 4 is 17.5 Å². The van der Waals surface area contributed by atoms with Crippen molar-refractivity contribution in [3.05, 3.63) is 29.8 Å². The molecule has 0 aromatic heterocycles. The molecule has 4 N–H and O–H groups in total. The zero-order valence-electron chi connectivity index (χ0n) is 14.8. The number of carbonyl (C=O) groups excluding carboxylic acids is 2. The lowest BCUT2D eigenvalue weighted by Gasteiger charge is -2.24. The molecule has 5 heteroatoms. The van der Waals surface area contributed by atoms with Crippen molar-refractivity contribution in [3.8, 4) is 0 Å². The summed E-state index contributed by atoms with van der Waals surface area (Å²) in [4.78, 5) is 24.3. The van der Waals surface area contributed by atoms with E-state index >= 15 is 0 Å². The maximum Gasteiger partial charge on any atom is 0.251 e. The SMILES string of the molecule is CCCC(C)(N)C(=O)Nc1ccc(C(=O)NC(C)(C)CC)cc1.